The van der Waals surface area contributed by atoms with Crippen molar-refractivity contribution in [3.8, 4) is 0 Å². The molecular weight excluding hydrogens is 462 g/mol. The summed E-state index contributed by atoms with van der Waals surface area (Å²) < 4.78 is 54.3. The van der Waals surface area contributed by atoms with Crippen LogP contribution in [0.2, 0.25) is 0 Å². The van der Waals surface area contributed by atoms with Crippen molar-refractivity contribution in [2.75, 3.05) is 31.5 Å². The molecular formula is C23H33N3O5S2. The number of anilines is 1. The summed E-state index contributed by atoms with van der Waals surface area (Å²) in [6.45, 7) is 11.9. The normalized spacial score (nSPS) is 12.4. The lowest BCUT2D eigenvalue weighted by atomic mass is 10.1. The molecule has 0 spiro atoms. The number of hydrogen-bond acceptors (Lipinski definition) is 5. The Balaban J connectivity index is 2.45. The fourth-order valence-electron chi connectivity index (χ4n) is 3.52. The van der Waals surface area contributed by atoms with Crippen molar-refractivity contribution in [1.82, 2.24) is 8.61 Å². The Morgan fingerprint density at radius 1 is 0.788 bits per heavy atom. The van der Waals surface area contributed by atoms with Crippen LogP contribution in [0, 0.1) is 13.8 Å². The van der Waals surface area contributed by atoms with E-state index in [0.29, 0.717) is 31.9 Å². The highest BCUT2D eigenvalue weighted by atomic mass is 32.2. The van der Waals surface area contributed by atoms with E-state index in [1.54, 1.807) is 47.6 Å². The second kappa shape index (κ2) is 10.8. The maximum Gasteiger partial charge on any atom is 0.255 e. The van der Waals surface area contributed by atoms with Gasteiger partial charge in [-0.3, -0.25) is 4.79 Å². The van der Waals surface area contributed by atoms with E-state index in [4.69, 9.17) is 0 Å². The third-order valence-corrected chi connectivity index (χ3v) is 9.75. The van der Waals surface area contributed by atoms with Gasteiger partial charge in [-0.1, -0.05) is 33.8 Å². The van der Waals surface area contributed by atoms with Crippen LogP contribution in [0.3, 0.4) is 0 Å². The van der Waals surface area contributed by atoms with Crippen molar-refractivity contribution in [2.24, 2.45) is 0 Å². The average Bonchev–Trinajstić information content (AvgIpc) is 2.78. The first kappa shape index (κ1) is 27.0. The third kappa shape index (κ3) is 5.63. The van der Waals surface area contributed by atoms with Gasteiger partial charge in [-0.05, 0) is 55.3 Å². The number of hydrogen-bond donors (Lipinski definition) is 1. The van der Waals surface area contributed by atoms with Gasteiger partial charge in [-0.25, -0.2) is 16.8 Å². The minimum atomic E-state index is -3.72. The number of amides is 1. The summed E-state index contributed by atoms with van der Waals surface area (Å²) in [7, 11) is -7.43. The van der Waals surface area contributed by atoms with Gasteiger partial charge in [0, 0.05) is 37.4 Å². The van der Waals surface area contributed by atoms with E-state index in [0.717, 1.165) is 11.1 Å². The summed E-state index contributed by atoms with van der Waals surface area (Å²) in [6.07, 6.45) is 0. The molecule has 8 nitrogen and oxygen atoms in total. The number of sulfonamides is 2. The van der Waals surface area contributed by atoms with E-state index in [1.807, 2.05) is 0 Å². The number of nitrogens with one attached hydrogen (secondary N) is 1. The Morgan fingerprint density at radius 3 is 1.82 bits per heavy atom. The molecule has 0 bridgehead atoms. The number of carbonyl (C=O) groups excluding carboxylic acids is 1. The number of benzene rings is 2. The largest absolute Gasteiger partial charge is 0.322 e. The summed E-state index contributed by atoms with van der Waals surface area (Å²) in [5, 5.41) is 2.76. The smallest absolute Gasteiger partial charge is 0.255 e. The van der Waals surface area contributed by atoms with Gasteiger partial charge in [0.1, 0.15) is 0 Å². The van der Waals surface area contributed by atoms with Crippen LogP contribution in [0.5, 0.6) is 0 Å². The first-order valence-electron chi connectivity index (χ1n) is 11.0. The molecule has 0 aliphatic carbocycles. The highest BCUT2D eigenvalue weighted by molar-refractivity contribution is 7.89. The molecule has 0 atom stereocenters. The zero-order valence-electron chi connectivity index (χ0n) is 20.0. The molecule has 0 saturated carbocycles. The molecule has 0 aliphatic heterocycles. The van der Waals surface area contributed by atoms with E-state index >= 15 is 0 Å². The summed E-state index contributed by atoms with van der Waals surface area (Å²) in [6, 6.07) is 8.87. The highest BCUT2D eigenvalue weighted by Gasteiger charge is 2.25. The van der Waals surface area contributed by atoms with Crippen LogP contribution in [0.15, 0.2) is 46.2 Å². The molecule has 2 rings (SSSR count). The van der Waals surface area contributed by atoms with Crippen LogP contribution in [-0.2, 0) is 20.0 Å². The van der Waals surface area contributed by atoms with Gasteiger partial charge in [0.05, 0.1) is 9.79 Å². The minimum absolute atomic E-state index is 0.0321. The van der Waals surface area contributed by atoms with Crippen molar-refractivity contribution in [2.45, 2.75) is 51.3 Å². The van der Waals surface area contributed by atoms with E-state index in [9.17, 15) is 21.6 Å². The zero-order chi connectivity index (χ0) is 25.0. The van der Waals surface area contributed by atoms with Crippen molar-refractivity contribution < 1.29 is 21.6 Å². The van der Waals surface area contributed by atoms with Crippen LogP contribution in [0.4, 0.5) is 5.69 Å². The van der Waals surface area contributed by atoms with E-state index in [-0.39, 0.29) is 15.4 Å². The SMILES string of the molecule is CCN(CC)S(=O)(=O)c1cccc(C(=O)Nc2cc(S(=O)(=O)N(CC)CC)cc(C)c2C)c1. The van der Waals surface area contributed by atoms with Crippen molar-refractivity contribution in [1.29, 1.82) is 0 Å². The lowest BCUT2D eigenvalue weighted by Gasteiger charge is -2.21. The van der Waals surface area contributed by atoms with Crippen LogP contribution < -0.4 is 5.32 Å². The van der Waals surface area contributed by atoms with Gasteiger partial charge in [-0.15, -0.1) is 0 Å². The Kier molecular flexibility index (Phi) is 8.81. The minimum Gasteiger partial charge on any atom is -0.322 e. The Labute approximate surface area is 197 Å². The molecule has 0 radical (unpaired) electrons. The molecule has 0 aliphatic rings. The predicted molar refractivity (Wildman–Crippen MR) is 131 cm³/mol. The molecule has 10 heteroatoms. The van der Waals surface area contributed by atoms with Gasteiger partial charge in [0.25, 0.3) is 5.91 Å². The fourth-order valence-corrected chi connectivity index (χ4v) is 6.60. The Bertz CT molecular complexity index is 1220. The Hall–Kier alpha value is -2.27. The molecule has 0 aromatic heterocycles. The quantitative estimate of drug-likeness (QED) is 0.542. The Morgan fingerprint density at radius 2 is 1.30 bits per heavy atom. The number of carbonyl (C=O) groups is 1. The van der Waals surface area contributed by atoms with Crippen LogP contribution in [0.25, 0.3) is 0 Å². The predicted octanol–water partition coefficient (Wildman–Crippen LogP) is 3.62. The van der Waals surface area contributed by atoms with Crippen LogP contribution >= 0.6 is 0 Å². The summed E-state index contributed by atoms with van der Waals surface area (Å²) >= 11 is 0. The van der Waals surface area contributed by atoms with Crippen LogP contribution in [0.1, 0.15) is 49.2 Å². The maximum absolute atomic E-state index is 13.0. The summed E-state index contributed by atoms with van der Waals surface area (Å²) in [4.78, 5) is 13.1. The fraction of sp³-hybridized carbons (Fsp3) is 0.435. The zero-order valence-corrected chi connectivity index (χ0v) is 21.7. The first-order valence-corrected chi connectivity index (χ1v) is 13.8. The van der Waals surface area contributed by atoms with Crippen molar-refractivity contribution in [3.63, 3.8) is 0 Å². The van der Waals surface area contributed by atoms with Crippen molar-refractivity contribution >= 4 is 31.6 Å². The molecule has 0 unspecified atom stereocenters. The summed E-state index contributed by atoms with van der Waals surface area (Å²) in [5.74, 6) is -0.522. The molecule has 33 heavy (non-hydrogen) atoms. The first-order chi connectivity index (χ1) is 15.4. The molecule has 2 aromatic carbocycles. The summed E-state index contributed by atoms with van der Waals surface area (Å²) in [5.41, 5.74) is 1.98. The molecule has 1 amide bonds. The maximum atomic E-state index is 13.0. The van der Waals surface area contributed by atoms with E-state index in [1.165, 1.54) is 38.9 Å². The molecule has 0 heterocycles. The third-order valence-electron chi connectivity index (χ3n) is 5.67. The number of rotatable bonds is 10. The van der Waals surface area contributed by atoms with Gasteiger partial charge < -0.3 is 5.32 Å². The monoisotopic (exact) mass is 495 g/mol. The standard InChI is InChI=1S/C23H33N3O5S2/c1-7-25(8-2)32(28,29)20-13-11-12-19(15-20)23(27)24-22-16-21(14-17(5)18(22)6)33(30,31)26(9-3)10-4/h11-16H,7-10H2,1-6H3,(H,24,27). The van der Waals surface area contributed by atoms with Crippen LogP contribution in [-0.4, -0.2) is 57.5 Å². The van der Waals surface area contributed by atoms with E-state index in [2.05, 4.69) is 5.32 Å². The molecule has 0 saturated heterocycles. The molecule has 0 fully saturated rings. The number of nitrogens with zero attached hydrogens (tertiary/aromatic N) is 2. The molecule has 1 N–H and O–H groups in total. The van der Waals surface area contributed by atoms with Gasteiger partial charge in [0.15, 0.2) is 0 Å². The van der Waals surface area contributed by atoms with Gasteiger partial charge >= 0.3 is 0 Å². The highest BCUT2D eigenvalue weighted by Crippen LogP contribution is 2.27. The van der Waals surface area contributed by atoms with Crippen molar-refractivity contribution in [3.05, 3.63) is 53.1 Å². The second-order valence-electron chi connectivity index (χ2n) is 7.57. The van der Waals surface area contributed by atoms with E-state index < -0.39 is 26.0 Å². The molecule has 182 valence electrons. The molecule has 2 aromatic rings. The topological polar surface area (TPSA) is 104 Å². The lowest BCUT2D eigenvalue weighted by molar-refractivity contribution is 0.102. The van der Waals surface area contributed by atoms with Gasteiger partial charge in [0.2, 0.25) is 20.0 Å². The lowest BCUT2D eigenvalue weighted by Crippen LogP contribution is -2.31. The number of aryl methyl sites for hydroxylation is 1. The second-order valence-corrected chi connectivity index (χ2v) is 11.4. The average molecular weight is 496 g/mol. The van der Waals surface area contributed by atoms with Gasteiger partial charge in [-0.2, -0.15) is 8.61 Å².